The fraction of sp³-hybridized carbons (Fsp3) is 0.455. The van der Waals surface area contributed by atoms with Crippen LogP contribution in [-0.2, 0) is 5.41 Å². The predicted molar refractivity (Wildman–Crippen MR) is 114 cm³/mol. The van der Waals surface area contributed by atoms with Crippen LogP contribution >= 0.6 is 0 Å². The van der Waals surface area contributed by atoms with Gasteiger partial charge in [-0.3, -0.25) is 4.99 Å². The highest BCUT2D eigenvalue weighted by Crippen LogP contribution is 2.23. The summed E-state index contributed by atoms with van der Waals surface area (Å²) in [6.45, 7) is 8.81. The molecule has 1 aromatic heterocycles. The summed E-state index contributed by atoms with van der Waals surface area (Å²) in [4.78, 5) is 10.5. The number of halogens is 1. The average Bonchev–Trinajstić information content (AvgIpc) is 3.14. The molecule has 1 aliphatic heterocycles. The number of aryl methyl sites for hydroxylation is 1. The van der Waals surface area contributed by atoms with Crippen molar-refractivity contribution in [1.82, 2.24) is 15.6 Å². The SMILES string of the molecule is CN=C(NCC(C)(C)c1cccc(C)c1)NC1CCN(c2ncccc2F)C1. The van der Waals surface area contributed by atoms with Gasteiger partial charge in [-0.05, 0) is 31.0 Å². The molecule has 1 aliphatic rings. The van der Waals surface area contributed by atoms with E-state index in [1.807, 2.05) is 4.90 Å². The number of rotatable bonds is 5. The number of guanidine groups is 1. The van der Waals surface area contributed by atoms with E-state index in [1.54, 1.807) is 19.3 Å². The van der Waals surface area contributed by atoms with Gasteiger partial charge < -0.3 is 15.5 Å². The van der Waals surface area contributed by atoms with Crippen LogP contribution in [0, 0.1) is 12.7 Å². The van der Waals surface area contributed by atoms with Crippen molar-refractivity contribution >= 4 is 11.8 Å². The van der Waals surface area contributed by atoms with Crippen molar-refractivity contribution in [2.75, 3.05) is 31.6 Å². The fourth-order valence-corrected chi connectivity index (χ4v) is 3.54. The number of nitrogens with zero attached hydrogens (tertiary/aromatic N) is 3. The van der Waals surface area contributed by atoms with Crippen LogP contribution in [0.1, 0.15) is 31.4 Å². The summed E-state index contributed by atoms with van der Waals surface area (Å²) >= 11 is 0. The van der Waals surface area contributed by atoms with Gasteiger partial charge in [-0.15, -0.1) is 0 Å². The second kappa shape index (κ2) is 8.59. The van der Waals surface area contributed by atoms with Gasteiger partial charge in [0.25, 0.3) is 0 Å². The highest BCUT2D eigenvalue weighted by Gasteiger charge is 2.27. The lowest BCUT2D eigenvalue weighted by Crippen LogP contribution is -2.48. The third-order valence-electron chi connectivity index (χ3n) is 5.29. The van der Waals surface area contributed by atoms with Crippen molar-refractivity contribution < 1.29 is 4.39 Å². The summed E-state index contributed by atoms with van der Waals surface area (Å²) in [6.07, 6.45) is 2.55. The number of aromatic nitrogens is 1. The maximum atomic E-state index is 14.0. The highest BCUT2D eigenvalue weighted by atomic mass is 19.1. The van der Waals surface area contributed by atoms with E-state index >= 15 is 0 Å². The minimum Gasteiger partial charge on any atom is -0.356 e. The second-order valence-electron chi connectivity index (χ2n) is 8.06. The van der Waals surface area contributed by atoms with Gasteiger partial charge in [0.05, 0.1) is 0 Å². The van der Waals surface area contributed by atoms with E-state index in [9.17, 15) is 4.39 Å². The van der Waals surface area contributed by atoms with E-state index in [2.05, 4.69) is 65.6 Å². The molecule has 6 heteroatoms. The number of nitrogens with one attached hydrogen (secondary N) is 2. The van der Waals surface area contributed by atoms with Crippen LogP contribution < -0.4 is 15.5 Å². The van der Waals surface area contributed by atoms with Crippen molar-refractivity contribution in [3.63, 3.8) is 0 Å². The Balaban J connectivity index is 1.56. The van der Waals surface area contributed by atoms with Crippen molar-refractivity contribution in [3.05, 3.63) is 59.5 Å². The molecule has 1 fully saturated rings. The summed E-state index contributed by atoms with van der Waals surface area (Å²) in [5, 5.41) is 6.92. The minimum atomic E-state index is -0.273. The third-order valence-corrected chi connectivity index (χ3v) is 5.29. The Morgan fingerprint density at radius 1 is 1.32 bits per heavy atom. The van der Waals surface area contributed by atoms with E-state index in [4.69, 9.17) is 0 Å². The fourth-order valence-electron chi connectivity index (χ4n) is 3.54. The van der Waals surface area contributed by atoms with Gasteiger partial charge in [0.15, 0.2) is 17.6 Å². The summed E-state index contributed by atoms with van der Waals surface area (Å²) < 4.78 is 14.0. The minimum absolute atomic E-state index is 0.0254. The monoisotopic (exact) mass is 383 g/mol. The molecule has 2 N–H and O–H groups in total. The molecule has 28 heavy (non-hydrogen) atoms. The molecule has 1 aromatic carbocycles. The smallest absolute Gasteiger partial charge is 0.191 e. The molecule has 1 saturated heterocycles. The van der Waals surface area contributed by atoms with E-state index < -0.39 is 0 Å². The first kappa shape index (κ1) is 20.1. The Kier molecular flexibility index (Phi) is 6.17. The van der Waals surface area contributed by atoms with Crippen molar-refractivity contribution in [2.45, 2.75) is 38.6 Å². The quantitative estimate of drug-likeness (QED) is 0.615. The van der Waals surface area contributed by atoms with Crippen LogP contribution in [0.15, 0.2) is 47.6 Å². The summed E-state index contributed by atoms with van der Waals surface area (Å²) in [5.74, 6) is 0.926. The topological polar surface area (TPSA) is 52.6 Å². The molecule has 2 heterocycles. The molecule has 3 rings (SSSR count). The zero-order chi connectivity index (χ0) is 20.1. The number of hydrogen-bond acceptors (Lipinski definition) is 3. The molecule has 0 spiro atoms. The molecule has 0 radical (unpaired) electrons. The third kappa shape index (κ3) is 4.80. The Hall–Kier alpha value is -2.63. The first-order valence-corrected chi connectivity index (χ1v) is 9.79. The molecule has 0 amide bonds. The van der Waals surface area contributed by atoms with Crippen LogP contribution in [0.3, 0.4) is 0 Å². The van der Waals surface area contributed by atoms with Crippen LogP contribution in [0.5, 0.6) is 0 Å². The molecule has 150 valence electrons. The van der Waals surface area contributed by atoms with Crippen molar-refractivity contribution in [1.29, 1.82) is 0 Å². The van der Waals surface area contributed by atoms with Crippen LogP contribution in [-0.4, -0.2) is 43.7 Å². The Morgan fingerprint density at radius 2 is 2.14 bits per heavy atom. The Labute approximate surface area is 167 Å². The van der Waals surface area contributed by atoms with Gasteiger partial charge in [-0.1, -0.05) is 43.7 Å². The summed E-state index contributed by atoms with van der Waals surface area (Å²) in [7, 11) is 1.78. The normalized spacial score (nSPS) is 17.7. The maximum absolute atomic E-state index is 14.0. The molecule has 1 atom stereocenters. The number of hydrogen-bond donors (Lipinski definition) is 2. The number of pyridine rings is 1. The zero-order valence-corrected chi connectivity index (χ0v) is 17.2. The van der Waals surface area contributed by atoms with Crippen LogP contribution in [0.25, 0.3) is 0 Å². The summed E-state index contributed by atoms with van der Waals surface area (Å²) in [5.41, 5.74) is 2.54. The second-order valence-corrected chi connectivity index (χ2v) is 8.06. The molecular formula is C22H30FN5. The van der Waals surface area contributed by atoms with Gasteiger partial charge >= 0.3 is 0 Å². The van der Waals surface area contributed by atoms with Crippen molar-refractivity contribution in [3.8, 4) is 0 Å². The zero-order valence-electron chi connectivity index (χ0n) is 17.2. The summed E-state index contributed by atoms with van der Waals surface area (Å²) in [6, 6.07) is 11.9. The van der Waals surface area contributed by atoms with Gasteiger partial charge in [0, 0.05) is 44.3 Å². The maximum Gasteiger partial charge on any atom is 0.191 e. The first-order valence-electron chi connectivity index (χ1n) is 9.79. The molecule has 0 saturated carbocycles. The van der Waals surface area contributed by atoms with E-state index in [-0.39, 0.29) is 17.3 Å². The predicted octanol–water partition coefficient (Wildman–Crippen LogP) is 3.25. The van der Waals surface area contributed by atoms with Crippen LogP contribution in [0.4, 0.5) is 10.2 Å². The lowest BCUT2D eigenvalue weighted by molar-refractivity contribution is 0.504. The molecular weight excluding hydrogens is 353 g/mol. The lowest BCUT2D eigenvalue weighted by atomic mass is 9.84. The van der Waals surface area contributed by atoms with Gasteiger partial charge in [-0.2, -0.15) is 0 Å². The highest BCUT2D eigenvalue weighted by molar-refractivity contribution is 5.80. The number of anilines is 1. The standard InChI is InChI=1S/C22H30FN5/c1-16-7-5-8-17(13-16)22(2,3)15-26-21(24-4)27-18-10-12-28(14-18)20-19(23)9-6-11-25-20/h5-9,11,13,18H,10,12,14-15H2,1-4H3,(H2,24,26,27). The molecule has 5 nitrogen and oxygen atoms in total. The van der Waals surface area contributed by atoms with Crippen molar-refractivity contribution in [2.24, 2.45) is 4.99 Å². The van der Waals surface area contributed by atoms with E-state index in [0.717, 1.165) is 25.5 Å². The van der Waals surface area contributed by atoms with Crippen LogP contribution in [0.2, 0.25) is 0 Å². The first-order chi connectivity index (χ1) is 13.4. The van der Waals surface area contributed by atoms with E-state index in [0.29, 0.717) is 12.4 Å². The number of benzene rings is 1. The van der Waals surface area contributed by atoms with Gasteiger partial charge in [-0.25, -0.2) is 9.37 Å². The Morgan fingerprint density at radius 3 is 2.86 bits per heavy atom. The van der Waals surface area contributed by atoms with E-state index in [1.165, 1.54) is 17.2 Å². The largest absolute Gasteiger partial charge is 0.356 e. The molecule has 1 unspecified atom stereocenters. The molecule has 2 aromatic rings. The van der Waals surface area contributed by atoms with Gasteiger partial charge in [0.2, 0.25) is 0 Å². The van der Waals surface area contributed by atoms with Gasteiger partial charge in [0.1, 0.15) is 0 Å². The molecule has 0 aliphatic carbocycles. The molecule has 0 bridgehead atoms. The Bertz CT molecular complexity index is 833. The average molecular weight is 384 g/mol. The number of aliphatic imine (C=N–C) groups is 1. The lowest BCUT2D eigenvalue weighted by Gasteiger charge is -2.28.